The van der Waals surface area contributed by atoms with Crippen molar-refractivity contribution in [2.75, 3.05) is 19.0 Å². The van der Waals surface area contributed by atoms with Crippen LogP contribution in [0.5, 0.6) is 0 Å². The summed E-state index contributed by atoms with van der Waals surface area (Å²) in [5, 5.41) is 0. The van der Waals surface area contributed by atoms with Gasteiger partial charge in [0.1, 0.15) is 5.82 Å². The van der Waals surface area contributed by atoms with Crippen molar-refractivity contribution in [3.63, 3.8) is 0 Å². The quantitative estimate of drug-likeness (QED) is 0.899. The number of anilines is 1. The van der Waals surface area contributed by atoms with Gasteiger partial charge in [0.05, 0.1) is 17.1 Å². The molecule has 124 valence electrons. The van der Waals surface area contributed by atoms with Gasteiger partial charge in [0, 0.05) is 19.8 Å². The Balaban J connectivity index is 2.24. The van der Waals surface area contributed by atoms with Crippen LogP contribution < -0.4 is 9.62 Å². The summed E-state index contributed by atoms with van der Waals surface area (Å²) in [5.74, 6) is -0.0927. The zero-order valence-electron chi connectivity index (χ0n) is 13.5. The summed E-state index contributed by atoms with van der Waals surface area (Å²) >= 11 is 0. The van der Waals surface area contributed by atoms with Crippen LogP contribution in [0, 0.1) is 19.7 Å². The molecule has 2 rings (SSSR count). The molecule has 0 unspecified atom stereocenters. The third kappa shape index (κ3) is 4.23. The molecule has 0 saturated heterocycles. The van der Waals surface area contributed by atoms with Crippen LogP contribution in [0.4, 0.5) is 10.3 Å². The average molecular weight is 338 g/mol. The summed E-state index contributed by atoms with van der Waals surface area (Å²) in [4.78, 5) is 10.2. The Bertz CT molecular complexity index is 822. The minimum absolute atomic E-state index is 0.00247. The second-order valence-corrected chi connectivity index (χ2v) is 7.16. The topological polar surface area (TPSA) is 75.2 Å². The van der Waals surface area contributed by atoms with Crippen molar-refractivity contribution in [2.24, 2.45) is 0 Å². The van der Waals surface area contributed by atoms with Gasteiger partial charge >= 0.3 is 0 Å². The van der Waals surface area contributed by atoms with Gasteiger partial charge in [-0.2, -0.15) is 0 Å². The Labute approximate surface area is 135 Å². The van der Waals surface area contributed by atoms with E-state index < -0.39 is 15.8 Å². The molecule has 23 heavy (non-hydrogen) atoms. The number of nitrogens with zero attached hydrogens (tertiary/aromatic N) is 3. The number of rotatable bonds is 5. The molecule has 0 fully saturated rings. The molecule has 0 aliphatic rings. The smallest absolute Gasteiger partial charge is 0.241 e. The summed E-state index contributed by atoms with van der Waals surface area (Å²) in [6, 6.07) is 5.37. The fourth-order valence-electron chi connectivity index (χ4n) is 2.02. The lowest BCUT2D eigenvalue weighted by Crippen LogP contribution is -2.25. The predicted octanol–water partition coefficient (Wildman–Crippen LogP) is 1.78. The Hall–Kier alpha value is -2.06. The SMILES string of the molecule is Cc1cc(CNS(=O)(=O)c2cc(F)ccc2C)nc(N(C)C)n1. The molecule has 1 aromatic heterocycles. The first-order valence-corrected chi connectivity index (χ1v) is 8.45. The minimum Gasteiger partial charge on any atom is -0.347 e. The van der Waals surface area contributed by atoms with Gasteiger partial charge in [0.2, 0.25) is 16.0 Å². The molecule has 0 amide bonds. The van der Waals surface area contributed by atoms with E-state index in [1.165, 1.54) is 12.1 Å². The molecule has 6 nitrogen and oxygen atoms in total. The lowest BCUT2D eigenvalue weighted by atomic mass is 10.2. The molecule has 0 radical (unpaired) electrons. The van der Waals surface area contributed by atoms with E-state index in [-0.39, 0.29) is 11.4 Å². The normalized spacial score (nSPS) is 11.5. The standard InChI is InChI=1S/C15H19FN4O2S/c1-10-5-6-12(16)8-14(10)23(21,22)17-9-13-7-11(2)18-15(19-13)20(3)4/h5-8,17H,9H2,1-4H3. The van der Waals surface area contributed by atoms with Crippen molar-refractivity contribution in [3.8, 4) is 0 Å². The molecule has 0 aliphatic carbocycles. The zero-order chi connectivity index (χ0) is 17.2. The number of benzene rings is 1. The van der Waals surface area contributed by atoms with Gasteiger partial charge in [0.15, 0.2) is 0 Å². The summed E-state index contributed by atoms with van der Waals surface area (Å²) in [5.41, 5.74) is 1.76. The maximum atomic E-state index is 13.3. The van der Waals surface area contributed by atoms with Crippen LogP contribution in [0.1, 0.15) is 17.0 Å². The second kappa shape index (κ2) is 6.59. The third-order valence-corrected chi connectivity index (χ3v) is 4.72. The van der Waals surface area contributed by atoms with E-state index in [0.717, 1.165) is 11.8 Å². The van der Waals surface area contributed by atoms with Crippen molar-refractivity contribution in [3.05, 3.63) is 47.0 Å². The van der Waals surface area contributed by atoms with E-state index in [4.69, 9.17) is 0 Å². The van der Waals surface area contributed by atoms with Crippen molar-refractivity contribution in [1.82, 2.24) is 14.7 Å². The Morgan fingerprint density at radius 3 is 2.52 bits per heavy atom. The highest BCUT2D eigenvalue weighted by molar-refractivity contribution is 7.89. The molecule has 1 N–H and O–H groups in total. The molecule has 0 bridgehead atoms. The maximum Gasteiger partial charge on any atom is 0.241 e. The fourth-order valence-corrected chi connectivity index (χ4v) is 3.27. The summed E-state index contributed by atoms with van der Waals surface area (Å²) < 4.78 is 40.5. The molecule has 0 aliphatic heterocycles. The number of hydrogen-bond acceptors (Lipinski definition) is 5. The van der Waals surface area contributed by atoms with Crippen molar-refractivity contribution in [2.45, 2.75) is 25.3 Å². The van der Waals surface area contributed by atoms with Crippen LogP contribution >= 0.6 is 0 Å². The fraction of sp³-hybridized carbons (Fsp3) is 0.333. The van der Waals surface area contributed by atoms with Gasteiger partial charge in [-0.1, -0.05) is 6.07 Å². The molecule has 0 atom stereocenters. The van der Waals surface area contributed by atoms with Gasteiger partial charge in [0.25, 0.3) is 0 Å². The van der Waals surface area contributed by atoms with E-state index in [9.17, 15) is 12.8 Å². The van der Waals surface area contributed by atoms with Gasteiger partial charge in [-0.15, -0.1) is 0 Å². The van der Waals surface area contributed by atoms with Gasteiger partial charge in [-0.25, -0.2) is 27.5 Å². The van der Waals surface area contributed by atoms with Crippen molar-refractivity contribution in [1.29, 1.82) is 0 Å². The number of sulfonamides is 1. The van der Waals surface area contributed by atoms with Crippen molar-refractivity contribution < 1.29 is 12.8 Å². The largest absolute Gasteiger partial charge is 0.347 e. The van der Waals surface area contributed by atoms with Crippen LogP contribution in [0.15, 0.2) is 29.2 Å². The Morgan fingerprint density at radius 2 is 1.87 bits per heavy atom. The second-order valence-electron chi connectivity index (χ2n) is 5.43. The number of nitrogens with one attached hydrogen (secondary N) is 1. The molecular formula is C15H19FN4O2S. The molecular weight excluding hydrogens is 319 g/mol. The van der Waals surface area contributed by atoms with Gasteiger partial charge in [-0.3, -0.25) is 0 Å². The lowest BCUT2D eigenvalue weighted by molar-refractivity contribution is 0.575. The number of halogens is 1. The van der Waals surface area contributed by atoms with Crippen LogP contribution in [0.3, 0.4) is 0 Å². The molecule has 0 spiro atoms. The lowest BCUT2D eigenvalue weighted by Gasteiger charge is -2.13. The van der Waals surface area contributed by atoms with Crippen molar-refractivity contribution >= 4 is 16.0 Å². The monoisotopic (exact) mass is 338 g/mol. The first-order valence-electron chi connectivity index (χ1n) is 6.97. The van der Waals surface area contributed by atoms with E-state index in [2.05, 4.69) is 14.7 Å². The molecule has 1 heterocycles. The van der Waals surface area contributed by atoms with E-state index in [0.29, 0.717) is 17.2 Å². The van der Waals surface area contributed by atoms with E-state index in [1.54, 1.807) is 32.0 Å². The van der Waals surface area contributed by atoms with Crippen LogP contribution in [0.25, 0.3) is 0 Å². The molecule has 0 saturated carbocycles. The Morgan fingerprint density at radius 1 is 1.17 bits per heavy atom. The maximum absolute atomic E-state index is 13.3. The van der Waals surface area contributed by atoms with E-state index >= 15 is 0 Å². The summed E-state index contributed by atoms with van der Waals surface area (Å²) in [6.07, 6.45) is 0. The minimum atomic E-state index is -3.82. The first-order chi connectivity index (χ1) is 10.7. The zero-order valence-corrected chi connectivity index (χ0v) is 14.3. The van der Waals surface area contributed by atoms with E-state index in [1.807, 2.05) is 6.92 Å². The Kier molecular flexibility index (Phi) is 4.96. The van der Waals surface area contributed by atoms with Gasteiger partial charge < -0.3 is 4.90 Å². The predicted molar refractivity (Wildman–Crippen MR) is 86.3 cm³/mol. The number of aromatic nitrogens is 2. The van der Waals surface area contributed by atoms with Crippen LogP contribution in [0.2, 0.25) is 0 Å². The van der Waals surface area contributed by atoms with Crippen LogP contribution in [-0.2, 0) is 16.6 Å². The highest BCUT2D eigenvalue weighted by atomic mass is 32.2. The molecule has 2 aromatic rings. The highest BCUT2D eigenvalue weighted by Crippen LogP contribution is 2.17. The van der Waals surface area contributed by atoms with Crippen LogP contribution in [-0.4, -0.2) is 32.5 Å². The molecule has 8 heteroatoms. The third-order valence-electron chi connectivity index (χ3n) is 3.18. The average Bonchev–Trinajstić information content (AvgIpc) is 2.47. The van der Waals surface area contributed by atoms with Gasteiger partial charge in [-0.05, 0) is 37.6 Å². The molecule has 1 aromatic carbocycles. The summed E-state index contributed by atoms with van der Waals surface area (Å²) in [6.45, 7) is 3.43. The summed E-state index contributed by atoms with van der Waals surface area (Å²) in [7, 11) is -0.213. The number of aryl methyl sites for hydroxylation is 2. The number of hydrogen-bond donors (Lipinski definition) is 1. The first kappa shape index (κ1) is 17.3. The highest BCUT2D eigenvalue weighted by Gasteiger charge is 2.18.